The normalized spacial score (nSPS) is 11.9. The van der Waals surface area contributed by atoms with Gasteiger partial charge in [0.15, 0.2) is 0 Å². The van der Waals surface area contributed by atoms with E-state index in [4.69, 9.17) is 15.4 Å². The zero-order valence-corrected chi connectivity index (χ0v) is 29.6. The number of para-hydroxylation sites is 5. The van der Waals surface area contributed by atoms with Crippen molar-refractivity contribution in [2.45, 2.75) is 0 Å². The van der Waals surface area contributed by atoms with Gasteiger partial charge >= 0.3 is 0 Å². The molecule has 0 saturated heterocycles. The van der Waals surface area contributed by atoms with Crippen molar-refractivity contribution in [2.24, 2.45) is 0 Å². The maximum Gasteiger partial charge on any atom is 0.218 e. The third kappa shape index (κ3) is 3.92. The Morgan fingerprint density at radius 1 is 0.446 bits per heavy atom. The van der Waals surface area contributed by atoms with Crippen LogP contribution in [-0.2, 0) is 0 Å². The third-order valence-electron chi connectivity index (χ3n) is 11.4. The van der Waals surface area contributed by atoms with E-state index in [1.54, 1.807) is 0 Å². The fraction of sp³-hybridized carbons (Fsp3) is 0. The highest BCUT2D eigenvalue weighted by atomic mass is 16.3. The molecule has 8 aromatic carbocycles. The van der Waals surface area contributed by atoms with Gasteiger partial charge in [-0.25, -0.2) is 4.85 Å². The second-order valence-corrected chi connectivity index (χ2v) is 14.2. The Hall–Kier alpha value is -8.06. The van der Waals surface area contributed by atoms with Crippen molar-refractivity contribution in [1.82, 2.24) is 9.13 Å². The number of aromatic nitrogens is 2. The van der Waals surface area contributed by atoms with E-state index in [-0.39, 0.29) is 0 Å². The van der Waals surface area contributed by atoms with E-state index in [9.17, 15) is 5.26 Å². The molecule has 0 unspecified atom stereocenters. The summed E-state index contributed by atoms with van der Waals surface area (Å²) in [5, 5.41) is 19.5. The summed E-state index contributed by atoms with van der Waals surface area (Å²) in [4.78, 5) is 4.26. The molecule has 0 aliphatic carbocycles. The largest absolute Gasteiger partial charge is 0.456 e. The average molecular weight is 715 g/mol. The summed E-state index contributed by atoms with van der Waals surface area (Å²) in [6.45, 7) is 8.74. The molecule has 0 amide bonds. The van der Waals surface area contributed by atoms with E-state index in [0.717, 1.165) is 98.9 Å². The molecule has 6 heteroatoms. The molecule has 0 fully saturated rings. The number of furan rings is 2. The lowest BCUT2D eigenvalue weighted by molar-refractivity contribution is 0.669. The fourth-order valence-corrected chi connectivity index (χ4v) is 9.15. The molecule has 258 valence electrons. The molecule has 4 aromatic heterocycles. The second-order valence-electron chi connectivity index (χ2n) is 14.2. The highest BCUT2D eigenvalue weighted by molar-refractivity contribution is 6.26. The summed E-state index contributed by atoms with van der Waals surface area (Å²) in [7, 11) is 0. The third-order valence-corrected chi connectivity index (χ3v) is 11.4. The standard InChI is InChI=1S/C50H26N4O2/c1-52-48-32(17-11-21-41(48)54-39-19-7-3-13-31(39)34-25-27-45-47(50(34)54)36-15-5-9-23-43(36)56-45)29-16-10-20-40(37(29)28-51)53-38-18-6-2-12-30(38)33-24-26-44-46(49(33)53)35-14-4-8-22-42(35)55-44/h2-27H. The number of hydrogen-bond acceptors (Lipinski definition) is 3. The Morgan fingerprint density at radius 2 is 0.929 bits per heavy atom. The molecule has 0 saturated carbocycles. The van der Waals surface area contributed by atoms with Crippen LogP contribution in [0.1, 0.15) is 5.56 Å². The van der Waals surface area contributed by atoms with Gasteiger partial charge in [-0.15, -0.1) is 0 Å². The molecule has 0 bridgehead atoms. The van der Waals surface area contributed by atoms with Crippen LogP contribution in [0.15, 0.2) is 167 Å². The van der Waals surface area contributed by atoms with Crippen molar-refractivity contribution in [2.75, 3.05) is 0 Å². The van der Waals surface area contributed by atoms with Gasteiger partial charge in [0.25, 0.3) is 0 Å². The predicted octanol–water partition coefficient (Wildman–Crippen LogP) is 13.8. The number of nitriles is 1. The molecule has 0 atom stereocenters. The van der Waals surface area contributed by atoms with Gasteiger partial charge in [-0.2, -0.15) is 5.26 Å². The molecular weight excluding hydrogens is 689 g/mol. The summed E-state index contributed by atoms with van der Waals surface area (Å²) in [6.07, 6.45) is 0. The number of benzene rings is 8. The first-order valence-corrected chi connectivity index (χ1v) is 18.4. The van der Waals surface area contributed by atoms with Crippen molar-refractivity contribution in [3.8, 4) is 28.6 Å². The summed E-state index contributed by atoms with van der Waals surface area (Å²) in [6, 6.07) is 55.6. The van der Waals surface area contributed by atoms with Gasteiger partial charge < -0.3 is 18.0 Å². The van der Waals surface area contributed by atoms with Crippen LogP contribution in [0.3, 0.4) is 0 Å². The highest BCUT2D eigenvalue weighted by Crippen LogP contribution is 2.47. The Labute approximate surface area is 318 Å². The monoisotopic (exact) mass is 714 g/mol. The first-order valence-electron chi connectivity index (χ1n) is 18.4. The van der Waals surface area contributed by atoms with Crippen molar-refractivity contribution < 1.29 is 8.83 Å². The van der Waals surface area contributed by atoms with Crippen LogP contribution in [0.25, 0.3) is 115 Å². The van der Waals surface area contributed by atoms with Crippen LogP contribution in [0.2, 0.25) is 0 Å². The molecule has 0 aliphatic rings. The maximum absolute atomic E-state index is 11.2. The van der Waals surface area contributed by atoms with Crippen LogP contribution in [0.4, 0.5) is 5.69 Å². The molecule has 0 radical (unpaired) electrons. The van der Waals surface area contributed by atoms with Crippen LogP contribution >= 0.6 is 0 Å². The molecule has 0 spiro atoms. The quantitative estimate of drug-likeness (QED) is 0.171. The lowest BCUT2D eigenvalue weighted by Gasteiger charge is -2.17. The first kappa shape index (κ1) is 30.4. The van der Waals surface area contributed by atoms with Gasteiger partial charge in [0.1, 0.15) is 28.4 Å². The molecule has 6 nitrogen and oxygen atoms in total. The lowest BCUT2D eigenvalue weighted by Crippen LogP contribution is -2.01. The van der Waals surface area contributed by atoms with Gasteiger partial charge in [-0.3, -0.25) is 0 Å². The zero-order valence-electron chi connectivity index (χ0n) is 29.6. The SMILES string of the molecule is [C-]#[N+]c1c(-c2cccc(-n3c4ccccc4c4ccc5oc6ccccc6c5c43)c2C#N)cccc1-n1c2ccccc2c2ccc3oc4ccccc4c3c21. The number of fused-ring (bicyclic) bond motifs is 14. The van der Waals surface area contributed by atoms with Crippen LogP contribution in [0.5, 0.6) is 0 Å². The minimum absolute atomic E-state index is 0.457. The van der Waals surface area contributed by atoms with Crippen molar-refractivity contribution in [3.63, 3.8) is 0 Å². The Kier molecular flexibility index (Phi) is 6.10. The Bertz CT molecular complexity index is 3500. The van der Waals surface area contributed by atoms with Crippen LogP contribution in [0, 0.1) is 17.9 Å². The van der Waals surface area contributed by atoms with Crippen molar-refractivity contribution >= 4 is 93.2 Å². The van der Waals surface area contributed by atoms with Gasteiger partial charge in [0.05, 0.1) is 56.3 Å². The fourth-order valence-electron chi connectivity index (χ4n) is 9.15. The zero-order chi connectivity index (χ0) is 37.1. The topological polar surface area (TPSA) is 64.3 Å². The molecule has 0 N–H and O–H groups in total. The Morgan fingerprint density at radius 3 is 1.48 bits per heavy atom. The summed E-state index contributed by atoms with van der Waals surface area (Å²) in [5.74, 6) is 0. The van der Waals surface area contributed by atoms with Crippen molar-refractivity contribution in [3.05, 3.63) is 175 Å². The average Bonchev–Trinajstić information content (AvgIpc) is 4.00. The molecule has 0 aliphatic heterocycles. The van der Waals surface area contributed by atoms with Gasteiger partial charge in [0.2, 0.25) is 5.69 Å². The van der Waals surface area contributed by atoms with E-state index in [2.05, 4.69) is 74.6 Å². The number of hydrogen-bond donors (Lipinski definition) is 0. The number of rotatable bonds is 3. The first-order chi connectivity index (χ1) is 27.7. The summed E-state index contributed by atoms with van der Waals surface area (Å²) < 4.78 is 17.1. The Balaban J connectivity index is 1.17. The second kappa shape index (κ2) is 11.2. The minimum Gasteiger partial charge on any atom is -0.456 e. The van der Waals surface area contributed by atoms with E-state index >= 15 is 0 Å². The molecule has 12 aromatic rings. The van der Waals surface area contributed by atoms with E-state index in [1.807, 2.05) is 103 Å². The van der Waals surface area contributed by atoms with E-state index in [1.165, 1.54) is 0 Å². The van der Waals surface area contributed by atoms with E-state index < -0.39 is 0 Å². The van der Waals surface area contributed by atoms with Gasteiger partial charge in [-0.05, 0) is 71.8 Å². The maximum atomic E-state index is 11.2. The molecule has 12 rings (SSSR count). The lowest BCUT2D eigenvalue weighted by atomic mass is 9.96. The molecule has 56 heavy (non-hydrogen) atoms. The molecule has 4 heterocycles. The predicted molar refractivity (Wildman–Crippen MR) is 226 cm³/mol. The smallest absolute Gasteiger partial charge is 0.218 e. The minimum atomic E-state index is 0.457. The van der Waals surface area contributed by atoms with Gasteiger partial charge in [-0.1, -0.05) is 97.1 Å². The van der Waals surface area contributed by atoms with Crippen molar-refractivity contribution in [1.29, 1.82) is 5.26 Å². The molecular formula is C50H26N4O2. The summed E-state index contributed by atoms with van der Waals surface area (Å²) in [5.41, 5.74) is 10.9. The summed E-state index contributed by atoms with van der Waals surface area (Å²) >= 11 is 0. The highest BCUT2D eigenvalue weighted by Gasteiger charge is 2.25. The van der Waals surface area contributed by atoms with E-state index in [0.29, 0.717) is 22.4 Å². The van der Waals surface area contributed by atoms with Gasteiger partial charge in [0, 0.05) is 32.3 Å². The van der Waals surface area contributed by atoms with Crippen LogP contribution in [-0.4, -0.2) is 9.13 Å². The van der Waals surface area contributed by atoms with Crippen LogP contribution < -0.4 is 0 Å². The number of nitrogens with zero attached hydrogens (tertiary/aromatic N) is 4.